The van der Waals surface area contributed by atoms with Crippen molar-refractivity contribution in [2.75, 3.05) is 13.3 Å². The van der Waals surface area contributed by atoms with E-state index in [1.807, 2.05) is 25.1 Å². The van der Waals surface area contributed by atoms with E-state index in [0.29, 0.717) is 24.5 Å². The highest BCUT2D eigenvalue weighted by molar-refractivity contribution is 5.84. The van der Waals surface area contributed by atoms with Crippen LogP contribution in [0.15, 0.2) is 18.2 Å². The molecule has 1 aromatic carbocycles. The molecule has 0 bridgehead atoms. The average molecular weight is 292 g/mol. The summed E-state index contributed by atoms with van der Waals surface area (Å²) < 4.78 is 10.5. The lowest BCUT2D eigenvalue weighted by Gasteiger charge is -2.07. The molecule has 0 aliphatic carbocycles. The summed E-state index contributed by atoms with van der Waals surface area (Å²) in [6.45, 7) is 2.65. The SMILES string of the molecule is CCCCC(=O)NCC(=O)NCc1ccc2c(c1)OCO2. The number of hydrogen-bond donors (Lipinski definition) is 2. The molecule has 1 aromatic rings. The van der Waals surface area contributed by atoms with Gasteiger partial charge in [0.25, 0.3) is 0 Å². The zero-order chi connectivity index (χ0) is 15.1. The quantitative estimate of drug-likeness (QED) is 0.795. The Morgan fingerprint density at radius 2 is 1.95 bits per heavy atom. The Hall–Kier alpha value is -2.24. The fourth-order valence-electron chi connectivity index (χ4n) is 1.92. The summed E-state index contributed by atoms with van der Waals surface area (Å²) in [6, 6.07) is 5.52. The molecule has 0 saturated carbocycles. The van der Waals surface area contributed by atoms with Crippen molar-refractivity contribution in [3.05, 3.63) is 23.8 Å². The van der Waals surface area contributed by atoms with Crippen LogP contribution in [0, 0.1) is 0 Å². The Morgan fingerprint density at radius 3 is 2.76 bits per heavy atom. The second-order valence-electron chi connectivity index (χ2n) is 4.84. The van der Waals surface area contributed by atoms with Crippen LogP contribution < -0.4 is 20.1 Å². The highest BCUT2D eigenvalue weighted by atomic mass is 16.7. The molecule has 0 spiro atoms. The minimum Gasteiger partial charge on any atom is -0.454 e. The van der Waals surface area contributed by atoms with E-state index in [1.165, 1.54) is 0 Å². The summed E-state index contributed by atoms with van der Waals surface area (Å²) in [5, 5.41) is 5.35. The van der Waals surface area contributed by atoms with E-state index in [4.69, 9.17) is 9.47 Å². The standard InChI is InChI=1S/C15H20N2O4/c1-2-3-4-14(18)17-9-15(19)16-8-11-5-6-12-13(7-11)21-10-20-12/h5-7H,2-4,8-10H2,1H3,(H,16,19)(H,17,18). The van der Waals surface area contributed by atoms with Crippen LogP contribution in [-0.4, -0.2) is 25.2 Å². The van der Waals surface area contributed by atoms with Gasteiger partial charge in [-0.05, 0) is 24.1 Å². The first-order valence-corrected chi connectivity index (χ1v) is 7.11. The molecular weight excluding hydrogens is 272 g/mol. The minimum absolute atomic E-state index is 0.00704. The van der Waals surface area contributed by atoms with Crippen molar-refractivity contribution in [1.82, 2.24) is 10.6 Å². The Balaban J connectivity index is 1.70. The van der Waals surface area contributed by atoms with Crippen LogP contribution >= 0.6 is 0 Å². The van der Waals surface area contributed by atoms with Crippen LogP contribution in [0.3, 0.4) is 0 Å². The molecule has 1 aliphatic heterocycles. The molecule has 0 unspecified atom stereocenters. The van der Waals surface area contributed by atoms with Crippen LogP contribution in [-0.2, 0) is 16.1 Å². The van der Waals surface area contributed by atoms with Gasteiger partial charge in [0, 0.05) is 13.0 Å². The first kappa shape index (κ1) is 15.2. The smallest absolute Gasteiger partial charge is 0.239 e. The molecule has 2 N–H and O–H groups in total. The summed E-state index contributed by atoms with van der Waals surface area (Å²) >= 11 is 0. The maximum absolute atomic E-state index is 11.6. The second-order valence-corrected chi connectivity index (χ2v) is 4.84. The van der Waals surface area contributed by atoms with E-state index in [2.05, 4.69) is 10.6 Å². The third-order valence-corrected chi connectivity index (χ3v) is 3.13. The monoisotopic (exact) mass is 292 g/mol. The van der Waals surface area contributed by atoms with E-state index in [9.17, 15) is 9.59 Å². The lowest BCUT2D eigenvalue weighted by molar-refractivity contribution is -0.126. The van der Waals surface area contributed by atoms with Crippen LogP contribution in [0.1, 0.15) is 31.7 Å². The van der Waals surface area contributed by atoms with Crippen molar-refractivity contribution in [1.29, 1.82) is 0 Å². The predicted octanol–water partition coefficient (Wildman–Crippen LogP) is 1.34. The van der Waals surface area contributed by atoms with E-state index in [0.717, 1.165) is 18.4 Å². The molecule has 21 heavy (non-hydrogen) atoms. The largest absolute Gasteiger partial charge is 0.454 e. The van der Waals surface area contributed by atoms with Gasteiger partial charge in [0.15, 0.2) is 11.5 Å². The third kappa shape index (κ3) is 4.66. The highest BCUT2D eigenvalue weighted by Crippen LogP contribution is 2.32. The second kappa shape index (κ2) is 7.52. The zero-order valence-electron chi connectivity index (χ0n) is 12.1. The maximum atomic E-state index is 11.6. The topological polar surface area (TPSA) is 76.7 Å². The number of nitrogens with one attached hydrogen (secondary N) is 2. The van der Waals surface area contributed by atoms with Crippen molar-refractivity contribution in [2.24, 2.45) is 0 Å². The van der Waals surface area contributed by atoms with Gasteiger partial charge in [-0.1, -0.05) is 19.4 Å². The van der Waals surface area contributed by atoms with Gasteiger partial charge < -0.3 is 20.1 Å². The predicted molar refractivity (Wildman–Crippen MR) is 76.9 cm³/mol. The zero-order valence-corrected chi connectivity index (χ0v) is 12.1. The van der Waals surface area contributed by atoms with E-state index in [-0.39, 0.29) is 25.2 Å². The van der Waals surface area contributed by atoms with Gasteiger partial charge in [0.1, 0.15) is 0 Å². The third-order valence-electron chi connectivity index (χ3n) is 3.13. The lowest BCUT2D eigenvalue weighted by atomic mass is 10.2. The Labute approximate surface area is 123 Å². The van der Waals surface area contributed by atoms with Gasteiger partial charge in [-0.2, -0.15) is 0 Å². The molecule has 2 amide bonds. The van der Waals surface area contributed by atoms with Crippen molar-refractivity contribution < 1.29 is 19.1 Å². The number of benzene rings is 1. The van der Waals surface area contributed by atoms with Crippen LogP contribution in [0.25, 0.3) is 0 Å². The minimum atomic E-state index is -0.211. The van der Waals surface area contributed by atoms with Crippen molar-refractivity contribution in [3.8, 4) is 11.5 Å². The number of amides is 2. The van der Waals surface area contributed by atoms with Crippen molar-refractivity contribution in [2.45, 2.75) is 32.7 Å². The number of rotatable bonds is 7. The van der Waals surface area contributed by atoms with Crippen LogP contribution in [0.2, 0.25) is 0 Å². The number of carbonyl (C=O) groups excluding carboxylic acids is 2. The normalized spacial score (nSPS) is 12.0. The summed E-state index contributed by atoms with van der Waals surface area (Å²) in [7, 11) is 0. The molecular formula is C15H20N2O4. The Bertz CT molecular complexity index is 516. The molecule has 2 rings (SSSR count). The molecule has 1 aliphatic rings. The Morgan fingerprint density at radius 1 is 1.14 bits per heavy atom. The molecule has 6 nitrogen and oxygen atoms in total. The first-order chi connectivity index (χ1) is 10.2. The van der Waals surface area contributed by atoms with Gasteiger partial charge in [-0.15, -0.1) is 0 Å². The fraction of sp³-hybridized carbons (Fsp3) is 0.467. The van der Waals surface area contributed by atoms with E-state index >= 15 is 0 Å². The van der Waals surface area contributed by atoms with Crippen LogP contribution in [0.5, 0.6) is 11.5 Å². The van der Waals surface area contributed by atoms with E-state index in [1.54, 1.807) is 0 Å². The molecule has 0 saturated heterocycles. The average Bonchev–Trinajstić information content (AvgIpc) is 2.96. The van der Waals surface area contributed by atoms with E-state index < -0.39 is 0 Å². The number of carbonyl (C=O) groups is 2. The van der Waals surface area contributed by atoms with Crippen molar-refractivity contribution >= 4 is 11.8 Å². The summed E-state index contributed by atoms with van der Waals surface area (Å²) in [4.78, 5) is 23.0. The number of hydrogen-bond acceptors (Lipinski definition) is 4. The summed E-state index contributed by atoms with van der Waals surface area (Å²) in [5.74, 6) is 1.11. The molecule has 0 radical (unpaired) electrons. The first-order valence-electron chi connectivity index (χ1n) is 7.11. The van der Waals surface area contributed by atoms with Gasteiger partial charge in [0.05, 0.1) is 6.54 Å². The summed E-state index contributed by atoms with van der Waals surface area (Å²) in [6.07, 6.45) is 2.26. The maximum Gasteiger partial charge on any atom is 0.239 e. The number of unbranched alkanes of at least 4 members (excludes halogenated alkanes) is 1. The van der Waals surface area contributed by atoms with Crippen molar-refractivity contribution in [3.63, 3.8) is 0 Å². The molecule has 0 atom stereocenters. The van der Waals surface area contributed by atoms with Gasteiger partial charge >= 0.3 is 0 Å². The number of ether oxygens (including phenoxy) is 2. The van der Waals surface area contributed by atoms with Gasteiger partial charge in [0.2, 0.25) is 18.6 Å². The van der Waals surface area contributed by atoms with Gasteiger partial charge in [-0.25, -0.2) is 0 Å². The van der Waals surface area contributed by atoms with Crippen LogP contribution in [0.4, 0.5) is 0 Å². The molecule has 0 aromatic heterocycles. The summed E-state index contributed by atoms with van der Waals surface area (Å²) in [5.41, 5.74) is 0.921. The number of fused-ring (bicyclic) bond motifs is 1. The van der Waals surface area contributed by atoms with Gasteiger partial charge in [-0.3, -0.25) is 9.59 Å². The Kier molecular flexibility index (Phi) is 5.43. The molecule has 0 fully saturated rings. The lowest BCUT2D eigenvalue weighted by Crippen LogP contribution is -2.36. The fourth-order valence-corrected chi connectivity index (χ4v) is 1.92. The highest BCUT2D eigenvalue weighted by Gasteiger charge is 2.13. The molecule has 114 valence electrons. The molecule has 1 heterocycles. The molecule has 6 heteroatoms.